The van der Waals surface area contributed by atoms with E-state index in [4.69, 9.17) is 34.8 Å². The number of rotatable bonds is 5. The molecule has 182 valence electrons. The molecule has 3 aromatic rings. The molecule has 0 saturated carbocycles. The molecule has 0 aromatic heterocycles. The summed E-state index contributed by atoms with van der Waals surface area (Å²) in [4.78, 5) is 25.6. The molecule has 13 heteroatoms. The lowest BCUT2D eigenvalue weighted by Gasteiger charge is -2.15. The monoisotopic (exact) mass is 571 g/mol. The maximum Gasteiger partial charge on any atom is 0.461 e. The topological polar surface area (TPSA) is 51.2 Å². The van der Waals surface area contributed by atoms with Crippen molar-refractivity contribution in [2.75, 3.05) is 0 Å². The van der Waals surface area contributed by atoms with Crippen molar-refractivity contribution in [2.45, 2.75) is 12.4 Å². The lowest BCUT2D eigenvalue weighted by atomic mass is 10.0. The molecule has 0 aliphatic heterocycles. The molecule has 0 N–H and O–H groups in total. The van der Waals surface area contributed by atoms with Crippen LogP contribution in [0.2, 0.25) is 15.1 Å². The predicted octanol–water partition coefficient (Wildman–Crippen LogP) is 8.21. The Bertz CT molecular complexity index is 1320. The summed E-state index contributed by atoms with van der Waals surface area (Å²) >= 11 is 18.2. The van der Waals surface area contributed by atoms with Crippen LogP contribution in [0.15, 0.2) is 54.6 Å². The van der Waals surface area contributed by atoms with Gasteiger partial charge in [-0.2, -0.15) is 26.3 Å². The van der Waals surface area contributed by atoms with Gasteiger partial charge in [-0.05, 0) is 18.2 Å². The van der Waals surface area contributed by atoms with Gasteiger partial charge in [0.15, 0.2) is 5.78 Å². The van der Waals surface area contributed by atoms with Crippen LogP contribution in [0.4, 0.5) is 26.3 Å². The van der Waals surface area contributed by atoms with Gasteiger partial charge in [0.2, 0.25) is 5.30 Å². The third-order valence-corrected chi connectivity index (χ3v) is 7.58. The van der Waals surface area contributed by atoms with Gasteiger partial charge < -0.3 is 0 Å². The van der Waals surface area contributed by atoms with Crippen molar-refractivity contribution in [3.63, 3.8) is 0 Å². The second-order valence-electron chi connectivity index (χ2n) is 6.90. The summed E-state index contributed by atoms with van der Waals surface area (Å²) in [6, 6.07) is 9.46. The Labute approximate surface area is 209 Å². The zero-order valence-electron chi connectivity index (χ0n) is 16.8. The third kappa shape index (κ3) is 5.38. The van der Waals surface area contributed by atoms with Crippen LogP contribution in [0.25, 0.3) is 0 Å². The lowest BCUT2D eigenvalue weighted by molar-refractivity contribution is -0.143. The van der Waals surface area contributed by atoms with Crippen molar-refractivity contribution in [3.8, 4) is 0 Å². The highest BCUT2D eigenvalue weighted by Gasteiger charge is 2.49. The predicted molar refractivity (Wildman–Crippen MR) is 119 cm³/mol. The molecule has 1 atom stereocenters. The van der Waals surface area contributed by atoms with Gasteiger partial charge in [0.1, 0.15) is 5.02 Å². The fourth-order valence-corrected chi connectivity index (χ4v) is 5.55. The van der Waals surface area contributed by atoms with Crippen LogP contribution in [0.5, 0.6) is 0 Å². The van der Waals surface area contributed by atoms with E-state index in [0.29, 0.717) is 6.07 Å². The first-order valence-corrected chi connectivity index (χ1v) is 11.6. The fraction of sp³-hybridized carbons (Fsp3) is 0.0909. The molecular formula is C22H9Cl3F6O3P+. The number of benzene rings is 3. The van der Waals surface area contributed by atoms with Crippen LogP contribution >= 0.6 is 42.6 Å². The number of alkyl halides is 6. The van der Waals surface area contributed by atoms with Crippen LogP contribution in [0.1, 0.15) is 37.4 Å². The van der Waals surface area contributed by atoms with Crippen LogP contribution < -0.4 is 5.30 Å². The minimum Gasteiger partial charge on any atom is -0.289 e. The van der Waals surface area contributed by atoms with E-state index in [2.05, 4.69) is 0 Å². The van der Waals surface area contributed by atoms with Gasteiger partial charge in [-0.15, -0.1) is 0 Å². The summed E-state index contributed by atoms with van der Waals surface area (Å²) in [5, 5.41) is -2.65. The molecule has 3 nitrogen and oxygen atoms in total. The Morgan fingerprint density at radius 1 is 0.743 bits per heavy atom. The van der Waals surface area contributed by atoms with E-state index in [9.17, 15) is 40.5 Å². The molecule has 0 saturated heterocycles. The highest BCUT2D eigenvalue weighted by molar-refractivity contribution is 7.72. The van der Waals surface area contributed by atoms with E-state index < -0.39 is 68.5 Å². The molecule has 3 rings (SSSR count). The van der Waals surface area contributed by atoms with Gasteiger partial charge in [-0.1, -0.05) is 75.8 Å². The summed E-state index contributed by atoms with van der Waals surface area (Å²) in [6.45, 7) is 0. The van der Waals surface area contributed by atoms with Gasteiger partial charge >= 0.3 is 25.7 Å². The molecule has 0 heterocycles. The van der Waals surface area contributed by atoms with E-state index in [1.54, 1.807) is 18.2 Å². The number of hydrogen-bond acceptors (Lipinski definition) is 3. The van der Waals surface area contributed by atoms with Crippen LogP contribution in [-0.2, 0) is 16.9 Å². The van der Waals surface area contributed by atoms with Crippen molar-refractivity contribution < 1.29 is 40.5 Å². The number of carbonyl (C=O) groups excluding carboxylic acids is 2. The highest BCUT2D eigenvalue weighted by atomic mass is 35.5. The molecule has 0 amide bonds. The zero-order chi connectivity index (χ0) is 26.3. The third-order valence-electron chi connectivity index (χ3n) is 4.69. The largest absolute Gasteiger partial charge is 0.461 e. The van der Waals surface area contributed by atoms with Crippen molar-refractivity contribution in [2.24, 2.45) is 0 Å². The Balaban J connectivity index is 2.17. The minimum absolute atomic E-state index is 0.156. The van der Waals surface area contributed by atoms with Crippen molar-refractivity contribution in [3.05, 3.63) is 97.5 Å². The SMILES string of the molecule is O=C(c1ccccc1)c1cc(Cl)c([P+](=O)C(=O)c2c(C(F)(F)F)cccc2C(F)(F)F)c(Cl)c1Cl. The molecule has 0 spiro atoms. The first-order chi connectivity index (χ1) is 16.2. The number of hydrogen-bond donors (Lipinski definition) is 0. The Kier molecular flexibility index (Phi) is 7.67. The summed E-state index contributed by atoms with van der Waals surface area (Å²) in [6.07, 6.45) is -10.8. The molecule has 3 aromatic carbocycles. The Hall–Kier alpha value is -2.45. The smallest absolute Gasteiger partial charge is 0.289 e. The number of ketones is 1. The van der Waals surface area contributed by atoms with Gasteiger partial charge in [-0.25, -0.2) is 4.79 Å². The van der Waals surface area contributed by atoms with Crippen LogP contribution in [0, 0.1) is 0 Å². The standard InChI is InChI=1S/C22H9Cl3F6O3P/c23-14-9-11(18(32)10-5-2-1-3-6-10)16(24)17(25)19(14)35(34)20(33)15-12(21(26,27)28)7-4-8-13(15)22(29,30)31/h1-9H/q+1. The molecular weight excluding hydrogens is 564 g/mol. The molecule has 0 radical (unpaired) electrons. The van der Waals surface area contributed by atoms with Gasteiger partial charge in [0.25, 0.3) is 0 Å². The number of halogens is 9. The van der Waals surface area contributed by atoms with Crippen molar-refractivity contribution in [1.82, 2.24) is 0 Å². The quantitative estimate of drug-likeness (QED) is 0.134. The summed E-state index contributed by atoms with van der Waals surface area (Å²) in [5.41, 5.74) is -7.85. The number of carbonyl (C=O) groups is 2. The lowest BCUT2D eigenvalue weighted by Crippen LogP contribution is -2.20. The van der Waals surface area contributed by atoms with E-state index in [1.165, 1.54) is 12.1 Å². The average molecular weight is 573 g/mol. The summed E-state index contributed by atoms with van der Waals surface area (Å²) in [5.74, 6) is -0.672. The molecule has 0 aliphatic rings. The van der Waals surface area contributed by atoms with Crippen molar-refractivity contribution in [1.29, 1.82) is 0 Å². The first kappa shape index (κ1) is 27.1. The second-order valence-corrected chi connectivity index (χ2v) is 9.51. The van der Waals surface area contributed by atoms with Crippen LogP contribution in [0.3, 0.4) is 0 Å². The minimum atomic E-state index is -5.38. The van der Waals surface area contributed by atoms with E-state index in [0.717, 1.165) is 6.07 Å². The second kappa shape index (κ2) is 9.90. The molecule has 1 unspecified atom stereocenters. The maximum absolute atomic E-state index is 13.4. The van der Waals surface area contributed by atoms with Gasteiger partial charge in [-0.3, -0.25) is 4.79 Å². The van der Waals surface area contributed by atoms with E-state index in [1.807, 2.05) is 0 Å². The fourth-order valence-electron chi connectivity index (χ4n) is 3.14. The van der Waals surface area contributed by atoms with Gasteiger partial charge in [0, 0.05) is 11.1 Å². The summed E-state index contributed by atoms with van der Waals surface area (Å²) < 4.78 is 93.7. The van der Waals surface area contributed by atoms with Crippen molar-refractivity contribution >= 4 is 59.2 Å². The molecule has 0 bridgehead atoms. The summed E-state index contributed by atoms with van der Waals surface area (Å²) in [7, 11) is -3.73. The van der Waals surface area contributed by atoms with Crippen LogP contribution in [-0.4, -0.2) is 11.3 Å². The molecule has 35 heavy (non-hydrogen) atoms. The zero-order valence-corrected chi connectivity index (χ0v) is 19.9. The van der Waals surface area contributed by atoms with Gasteiger partial charge in [0.05, 0.1) is 26.7 Å². The highest BCUT2D eigenvalue weighted by Crippen LogP contribution is 2.45. The van der Waals surface area contributed by atoms with E-state index in [-0.39, 0.29) is 23.3 Å². The maximum atomic E-state index is 13.4. The van der Waals surface area contributed by atoms with E-state index >= 15 is 0 Å². The average Bonchev–Trinajstić information content (AvgIpc) is 2.79. The Morgan fingerprint density at radius 3 is 1.74 bits per heavy atom. The molecule has 0 fully saturated rings. The Morgan fingerprint density at radius 2 is 1.26 bits per heavy atom. The normalized spacial score (nSPS) is 12.4. The first-order valence-electron chi connectivity index (χ1n) is 9.22. The molecule has 0 aliphatic carbocycles.